The highest BCUT2D eigenvalue weighted by Gasteiger charge is 2.32. The summed E-state index contributed by atoms with van der Waals surface area (Å²) < 4.78 is 46.8. The van der Waals surface area contributed by atoms with Gasteiger partial charge in [-0.05, 0) is 34.1 Å². The molecule has 21 heavy (non-hydrogen) atoms. The molecule has 1 aromatic carbocycles. The molecule has 0 saturated carbocycles. The highest BCUT2D eigenvalue weighted by Crippen LogP contribution is 2.35. The van der Waals surface area contributed by atoms with E-state index in [1.165, 1.54) is 24.4 Å². The number of aliphatic hydroxyl groups is 1. The van der Waals surface area contributed by atoms with Crippen LogP contribution in [0.1, 0.15) is 5.56 Å². The Morgan fingerprint density at radius 3 is 2.48 bits per heavy atom. The molecule has 1 aromatic heterocycles. The van der Waals surface area contributed by atoms with Gasteiger partial charge in [0.2, 0.25) is 5.88 Å². The summed E-state index contributed by atoms with van der Waals surface area (Å²) in [4.78, 5) is 3.92. The predicted octanol–water partition coefficient (Wildman–Crippen LogP) is 4.03. The van der Waals surface area contributed by atoms with Crippen molar-refractivity contribution in [1.82, 2.24) is 4.98 Å². The molecule has 0 saturated heterocycles. The number of aromatic nitrogens is 1. The lowest BCUT2D eigenvalue weighted by molar-refractivity contribution is -0.275. The molecule has 8 heteroatoms. The number of hydrogen-bond acceptors (Lipinski definition) is 4. The van der Waals surface area contributed by atoms with Crippen LogP contribution < -0.4 is 9.47 Å². The van der Waals surface area contributed by atoms with Crippen LogP contribution in [-0.2, 0) is 6.61 Å². The van der Waals surface area contributed by atoms with Crippen molar-refractivity contribution < 1.29 is 27.8 Å². The first kappa shape index (κ1) is 15.6. The number of para-hydroxylation sites is 2. The van der Waals surface area contributed by atoms with Crippen LogP contribution in [-0.4, -0.2) is 16.5 Å². The predicted molar refractivity (Wildman–Crippen MR) is 71.1 cm³/mol. The molecular formula is C13H9BrF3NO3. The Labute approximate surface area is 126 Å². The number of benzene rings is 1. The highest BCUT2D eigenvalue weighted by atomic mass is 79.9. The van der Waals surface area contributed by atoms with E-state index >= 15 is 0 Å². The summed E-state index contributed by atoms with van der Waals surface area (Å²) in [5.74, 6) is -0.642. The summed E-state index contributed by atoms with van der Waals surface area (Å²) in [6.45, 7) is -0.371. The number of alkyl halides is 3. The number of halogens is 4. The van der Waals surface area contributed by atoms with Gasteiger partial charge in [-0.15, -0.1) is 13.2 Å². The Balaban J connectivity index is 2.32. The number of hydrogen-bond donors (Lipinski definition) is 1. The summed E-state index contributed by atoms with van der Waals surface area (Å²) in [7, 11) is 0. The van der Waals surface area contributed by atoms with Gasteiger partial charge >= 0.3 is 6.36 Å². The lowest BCUT2D eigenvalue weighted by atomic mass is 10.3. The van der Waals surface area contributed by atoms with E-state index in [2.05, 4.69) is 25.7 Å². The van der Waals surface area contributed by atoms with Crippen molar-refractivity contribution in [3.05, 3.63) is 46.6 Å². The van der Waals surface area contributed by atoms with Crippen LogP contribution >= 0.6 is 15.9 Å². The van der Waals surface area contributed by atoms with Crippen LogP contribution in [0.25, 0.3) is 0 Å². The first-order valence-corrected chi connectivity index (χ1v) is 6.46. The van der Waals surface area contributed by atoms with Gasteiger partial charge in [-0.25, -0.2) is 4.98 Å². The van der Waals surface area contributed by atoms with E-state index in [1.54, 1.807) is 6.07 Å². The molecule has 0 atom stereocenters. The van der Waals surface area contributed by atoms with E-state index in [-0.39, 0.29) is 18.2 Å². The first-order valence-electron chi connectivity index (χ1n) is 5.67. The molecule has 0 radical (unpaired) electrons. The van der Waals surface area contributed by atoms with Crippen molar-refractivity contribution in [3.8, 4) is 17.4 Å². The smallest absolute Gasteiger partial charge is 0.435 e. The molecule has 0 spiro atoms. The fraction of sp³-hybridized carbons (Fsp3) is 0.154. The number of rotatable bonds is 4. The van der Waals surface area contributed by atoms with E-state index in [9.17, 15) is 18.3 Å². The molecule has 1 N–H and O–H groups in total. The lowest BCUT2D eigenvalue weighted by Gasteiger charge is -2.14. The Morgan fingerprint density at radius 1 is 1.19 bits per heavy atom. The number of ether oxygens (including phenoxy) is 2. The Bertz CT molecular complexity index is 634. The molecule has 2 rings (SSSR count). The molecule has 0 bridgehead atoms. The second-order valence-corrected chi connectivity index (χ2v) is 4.79. The lowest BCUT2D eigenvalue weighted by Crippen LogP contribution is -2.17. The quantitative estimate of drug-likeness (QED) is 0.890. The maximum atomic E-state index is 12.3. The van der Waals surface area contributed by atoms with Crippen molar-refractivity contribution in [3.63, 3.8) is 0 Å². The molecule has 1 heterocycles. The van der Waals surface area contributed by atoms with Crippen molar-refractivity contribution in [2.75, 3.05) is 0 Å². The molecule has 112 valence electrons. The minimum atomic E-state index is -4.83. The summed E-state index contributed by atoms with van der Waals surface area (Å²) in [5.41, 5.74) is 0.325. The normalized spacial score (nSPS) is 11.3. The zero-order chi connectivity index (χ0) is 15.5. The van der Waals surface area contributed by atoms with Crippen LogP contribution in [0.5, 0.6) is 17.4 Å². The highest BCUT2D eigenvalue weighted by molar-refractivity contribution is 9.10. The van der Waals surface area contributed by atoms with Gasteiger partial charge < -0.3 is 14.6 Å². The van der Waals surface area contributed by atoms with E-state index in [1.807, 2.05) is 0 Å². The third-order valence-corrected chi connectivity index (χ3v) is 2.78. The molecule has 0 aliphatic heterocycles. The molecule has 2 aromatic rings. The maximum Gasteiger partial charge on any atom is 0.573 e. The summed E-state index contributed by atoms with van der Waals surface area (Å²) in [5, 5.41) is 9.22. The second-order valence-electron chi connectivity index (χ2n) is 3.87. The first-order chi connectivity index (χ1) is 9.89. The SMILES string of the molecule is OCc1cc(Br)cnc1Oc1ccccc1OC(F)(F)F. The maximum absolute atomic E-state index is 12.3. The van der Waals surface area contributed by atoms with Gasteiger partial charge in [-0.2, -0.15) is 0 Å². The van der Waals surface area contributed by atoms with E-state index in [0.717, 1.165) is 6.07 Å². The number of pyridine rings is 1. The third kappa shape index (κ3) is 4.33. The number of aliphatic hydroxyl groups excluding tert-OH is 1. The summed E-state index contributed by atoms with van der Waals surface area (Å²) >= 11 is 3.17. The zero-order valence-corrected chi connectivity index (χ0v) is 12.0. The fourth-order valence-electron chi connectivity index (χ4n) is 1.52. The fourth-order valence-corrected chi connectivity index (χ4v) is 1.90. The zero-order valence-electron chi connectivity index (χ0n) is 10.4. The average Bonchev–Trinajstić information content (AvgIpc) is 2.41. The standard InChI is InChI=1S/C13H9BrF3NO3/c14-9-5-8(7-19)12(18-6-9)20-10-3-1-2-4-11(10)21-13(15,16)17/h1-6,19H,7H2. The van der Waals surface area contributed by atoms with Gasteiger partial charge in [0.05, 0.1) is 6.61 Å². The van der Waals surface area contributed by atoms with Crippen molar-refractivity contribution >= 4 is 15.9 Å². The van der Waals surface area contributed by atoms with Gasteiger partial charge in [-0.3, -0.25) is 0 Å². The Hall–Kier alpha value is -1.80. The van der Waals surface area contributed by atoms with Gasteiger partial charge in [0.15, 0.2) is 11.5 Å². The van der Waals surface area contributed by atoms with E-state index in [4.69, 9.17) is 4.74 Å². The second kappa shape index (κ2) is 6.31. The number of nitrogens with zero attached hydrogens (tertiary/aromatic N) is 1. The van der Waals surface area contributed by atoms with Gasteiger partial charge in [0, 0.05) is 16.2 Å². The van der Waals surface area contributed by atoms with E-state index in [0.29, 0.717) is 10.0 Å². The summed E-state index contributed by atoms with van der Waals surface area (Å²) in [6, 6.07) is 6.87. The van der Waals surface area contributed by atoms with Gasteiger partial charge in [0.1, 0.15) is 0 Å². The minimum Gasteiger partial charge on any atom is -0.435 e. The molecular weight excluding hydrogens is 355 g/mol. The average molecular weight is 364 g/mol. The molecule has 0 fully saturated rings. The van der Waals surface area contributed by atoms with Crippen LogP contribution in [0.4, 0.5) is 13.2 Å². The topological polar surface area (TPSA) is 51.6 Å². The Morgan fingerprint density at radius 2 is 1.86 bits per heavy atom. The Kier molecular flexibility index (Phi) is 4.69. The van der Waals surface area contributed by atoms with Gasteiger partial charge in [-0.1, -0.05) is 12.1 Å². The molecule has 4 nitrogen and oxygen atoms in total. The largest absolute Gasteiger partial charge is 0.573 e. The van der Waals surface area contributed by atoms with Crippen LogP contribution in [0.15, 0.2) is 41.0 Å². The van der Waals surface area contributed by atoms with Crippen LogP contribution in [0, 0.1) is 0 Å². The minimum absolute atomic E-state index is 0.000996. The van der Waals surface area contributed by atoms with Crippen LogP contribution in [0.3, 0.4) is 0 Å². The van der Waals surface area contributed by atoms with Crippen molar-refractivity contribution in [2.24, 2.45) is 0 Å². The molecule has 0 amide bonds. The van der Waals surface area contributed by atoms with Crippen LogP contribution in [0.2, 0.25) is 0 Å². The van der Waals surface area contributed by atoms with Crippen molar-refractivity contribution in [2.45, 2.75) is 13.0 Å². The third-order valence-electron chi connectivity index (χ3n) is 2.34. The van der Waals surface area contributed by atoms with Gasteiger partial charge in [0.25, 0.3) is 0 Å². The van der Waals surface area contributed by atoms with Crippen molar-refractivity contribution in [1.29, 1.82) is 0 Å². The van der Waals surface area contributed by atoms with E-state index < -0.39 is 12.1 Å². The molecule has 0 aliphatic rings. The monoisotopic (exact) mass is 363 g/mol. The summed E-state index contributed by atoms with van der Waals surface area (Å²) in [6.07, 6.45) is -3.42. The molecule has 0 unspecified atom stereocenters. The molecule has 0 aliphatic carbocycles.